The fraction of sp³-hybridized carbons (Fsp3) is 0.0526. The molecule has 0 fully saturated rings. The lowest BCUT2D eigenvalue weighted by molar-refractivity contribution is 0.416. The Balaban J connectivity index is 2.08. The number of aromatic nitrogens is 3. The Bertz CT molecular complexity index is 961. The van der Waals surface area contributed by atoms with Crippen molar-refractivity contribution in [2.75, 3.05) is 7.11 Å². The first-order valence-corrected chi connectivity index (χ1v) is 7.33. The quantitative estimate of drug-likeness (QED) is 0.576. The summed E-state index contributed by atoms with van der Waals surface area (Å²) in [6.07, 6.45) is 4.58. The highest BCUT2D eigenvalue weighted by molar-refractivity contribution is 5.93. The van der Waals surface area contributed by atoms with E-state index in [4.69, 9.17) is 4.74 Å². The zero-order valence-corrected chi connectivity index (χ0v) is 12.6. The summed E-state index contributed by atoms with van der Waals surface area (Å²) >= 11 is 0. The van der Waals surface area contributed by atoms with E-state index < -0.39 is 0 Å². The number of hydrogen-bond acceptors (Lipinski definition) is 3. The molecule has 0 N–H and O–H groups in total. The first kappa shape index (κ1) is 13.5. The summed E-state index contributed by atoms with van der Waals surface area (Å²) in [5, 5.41) is 4.13. The van der Waals surface area contributed by atoms with Crippen LogP contribution in [0, 0.1) is 6.33 Å². The van der Waals surface area contributed by atoms with Gasteiger partial charge >= 0.3 is 0 Å². The lowest BCUT2D eigenvalue weighted by Crippen LogP contribution is -1.95. The number of ether oxygens (including phenoxy) is 1. The number of para-hydroxylation sites is 1. The van der Waals surface area contributed by atoms with Gasteiger partial charge < -0.3 is 4.74 Å². The molecule has 4 heteroatoms. The summed E-state index contributed by atoms with van der Waals surface area (Å²) < 4.78 is 7.27. The highest BCUT2D eigenvalue weighted by atomic mass is 16.5. The lowest BCUT2D eigenvalue weighted by atomic mass is 9.95. The van der Waals surface area contributed by atoms with Crippen LogP contribution < -0.4 is 4.74 Å². The second-order valence-corrected chi connectivity index (χ2v) is 5.15. The van der Waals surface area contributed by atoms with Crippen molar-refractivity contribution < 1.29 is 4.74 Å². The van der Waals surface area contributed by atoms with Gasteiger partial charge in [-0.05, 0) is 23.3 Å². The van der Waals surface area contributed by atoms with Gasteiger partial charge in [0.25, 0.3) is 0 Å². The van der Waals surface area contributed by atoms with Crippen molar-refractivity contribution in [2.45, 2.75) is 0 Å². The molecule has 0 saturated carbocycles. The molecule has 0 aliphatic heterocycles. The summed E-state index contributed by atoms with van der Waals surface area (Å²) in [6, 6.07) is 20.2. The second kappa shape index (κ2) is 5.57. The van der Waals surface area contributed by atoms with E-state index in [2.05, 4.69) is 34.6 Å². The van der Waals surface area contributed by atoms with Crippen LogP contribution in [0.1, 0.15) is 0 Å². The number of benzene rings is 2. The summed E-state index contributed by atoms with van der Waals surface area (Å²) in [5.74, 6) is 0.831. The monoisotopic (exact) mass is 300 g/mol. The maximum Gasteiger partial charge on any atom is 0.221 e. The molecule has 23 heavy (non-hydrogen) atoms. The van der Waals surface area contributed by atoms with Crippen LogP contribution in [0.4, 0.5) is 0 Å². The van der Waals surface area contributed by atoms with Crippen LogP contribution in [-0.2, 0) is 0 Å². The van der Waals surface area contributed by atoms with E-state index >= 15 is 0 Å². The van der Waals surface area contributed by atoms with Gasteiger partial charge in [0.1, 0.15) is 5.75 Å². The van der Waals surface area contributed by atoms with Crippen LogP contribution in [0.2, 0.25) is 0 Å². The molecule has 0 atom stereocenters. The van der Waals surface area contributed by atoms with Crippen molar-refractivity contribution in [2.24, 2.45) is 0 Å². The topological polar surface area (TPSA) is 39.4 Å². The molecule has 1 radical (unpaired) electrons. The largest absolute Gasteiger partial charge is 0.496 e. The molecule has 0 aliphatic carbocycles. The van der Waals surface area contributed by atoms with Crippen molar-refractivity contribution in [3.63, 3.8) is 0 Å². The van der Waals surface area contributed by atoms with Crippen LogP contribution in [0.5, 0.6) is 5.75 Å². The van der Waals surface area contributed by atoms with E-state index in [9.17, 15) is 0 Å². The fourth-order valence-electron chi connectivity index (χ4n) is 2.82. The Morgan fingerprint density at radius 3 is 2.52 bits per heavy atom. The molecule has 0 unspecified atom stereocenters. The molecule has 4 rings (SSSR count). The predicted octanol–water partition coefficient (Wildman–Crippen LogP) is 3.87. The molecule has 2 aromatic heterocycles. The van der Waals surface area contributed by atoms with Gasteiger partial charge in [-0.15, -0.1) is 5.10 Å². The van der Waals surface area contributed by atoms with Gasteiger partial charge in [0, 0.05) is 17.3 Å². The Hall–Kier alpha value is -3.14. The Morgan fingerprint density at radius 1 is 0.913 bits per heavy atom. The molecule has 111 valence electrons. The van der Waals surface area contributed by atoms with Crippen LogP contribution in [-0.4, -0.2) is 21.7 Å². The molecule has 4 nitrogen and oxygen atoms in total. The van der Waals surface area contributed by atoms with Gasteiger partial charge in [-0.3, -0.25) is 0 Å². The van der Waals surface area contributed by atoms with Crippen LogP contribution in [0.25, 0.3) is 27.9 Å². The zero-order valence-electron chi connectivity index (χ0n) is 12.6. The molecule has 0 amide bonds. The number of fused-ring (bicyclic) bond motifs is 1. The summed E-state index contributed by atoms with van der Waals surface area (Å²) in [6.45, 7) is 0. The third-order valence-electron chi connectivity index (χ3n) is 3.86. The highest BCUT2D eigenvalue weighted by Gasteiger charge is 2.16. The average Bonchev–Trinajstić information content (AvgIpc) is 3.10. The van der Waals surface area contributed by atoms with Gasteiger partial charge in [-0.2, -0.15) is 0 Å². The molecule has 2 heterocycles. The van der Waals surface area contributed by atoms with Crippen molar-refractivity contribution in [1.29, 1.82) is 0 Å². The van der Waals surface area contributed by atoms with Crippen molar-refractivity contribution in [3.05, 3.63) is 73.2 Å². The predicted molar refractivity (Wildman–Crippen MR) is 89.2 cm³/mol. The van der Waals surface area contributed by atoms with E-state index in [1.807, 2.05) is 48.7 Å². The molecule has 2 aromatic carbocycles. The maximum atomic E-state index is 5.53. The van der Waals surface area contributed by atoms with Crippen LogP contribution in [0.3, 0.4) is 0 Å². The van der Waals surface area contributed by atoms with Gasteiger partial charge in [-0.1, -0.05) is 48.5 Å². The third-order valence-corrected chi connectivity index (χ3v) is 3.86. The number of rotatable bonds is 3. The van der Waals surface area contributed by atoms with E-state index in [-0.39, 0.29) is 0 Å². The minimum Gasteiger partial charge on any atom is -0.496 e. The Morgan fingerprint density at radius 2 is 1.70 bits per heavy atom. The van der Waals surface area contributed by atoms with Gasteiger partial charge in [-0.25, -0.2) is 9.50 Å². The normalized spacial score (nSPS) is 10.8. The van der Waals surface area contributed by atoms with Gasteiger partial charge in [0.05, 0.1) is 7.11 Å². The number of pyridine rings is 1. The molecule has 0 aliphatic rings. The molecule has 0 saturated heterocycles. The smallest absolute Gasteiger partial charge is 0.221 e. The van der Waals surface area contributed by atoms with E-state index in [0.29, 0.717) is 0 Å². The molecule has 4 aromatic rings. The van der Waals surface area contributed by atoms with Gasteiger partial charge in [0.2, 0.25) is 6.33 Å². The minimum absolute atomic E-state index is 0.777. The third kappa shape index (κ3) is 2.25. The highest BCUT2D eigenvalue weighted by Crippen LogP contribution is 2.38. The van der Waals surface area contributed by atoms with E-state index in [1.54, 1.807) is 11.6 Å². The maximum absolute atomic E-state index is 5.53. The summed E-state index contributed by atoms with van der Waals surface area (Å²) in [4.78, 5) is 4.32. The SMILES string of the molecule is COc1ccccc1-c1ccn2n[c]nc2c1-c1ccccc1. The van der Waals surface area contributed by atoms with Crippen molar-refractivity contribution in [1.82, 2.24) is 14.6 Å². The lowest BCUT2D eigenvalue weighted by Gasteiger charge is -2.14. The summed E-state index contributed by atoms with van der Waals surface area (Å²) in [7, 11) is 1.68. The molecular formula is C19H14N3O. The Kier molecular flexibility index (Phi) is 3.27. The fourth-order valence-corrected chi connectivity index (χ4v) is 2.82. The minimum atomic E-state index is 0.777. The van der Waals surface area contributed by atoms with E-state index in [1.165, 1.54) is 0 Å². The zero-order chi connectivity index (χ0) is 15.6. The summed E-state index contributed by atoms with van der Waals surface area (Å²) in [5.41, 5.74) is 4.97. The molecule has 0 spiro atoms. The first-order chi connectivity index (χ1) is 11.4. The van der Waals surface area contributed by atoms with Crippen molar-refractivity contribution >= 4 is 5.65 Å². The van der Waals surface area contributed by atoms with Gasteiger partial charge in [0.15, 0.2) is 5.65 Å². The number of nitrogens with zero attached hydrogens (tertiary/aromatic N) is 3. The number of hydrogen-bond donors (Lipinski definition) is 0. The molecule has 0 bridgehead atoms. The number of methoxy groups -OCH3 is 1. The first-order valence-electron chi connectivity index (χ1n) is 7.33. The second-order valence-electron chi connectivity index (χ2n) is 5.15. The standard InChI is InChI=1S/C19H14N3O/c1-23-17-10-6-5-9-15(17)16-11-12-22-19(20-13-21-22)18(16)14-7-3-2-4-8-14/h2-12H,1H3. The molecular weight excluding hydrogens is 286 g/mol. The average molecular weight is 300 g/mol. The Labute approximate surface area is 134 Å². The van der Waals surface area contributed by atoms with Crippen LogP contribution in [0.15, 0.2) is 66.9 Å². The van der Waals surface area contributed by atoms with E-state index in [0.717, 1.165) is 33.7 Å². The van der Waals surface area contributed by atoms with Crippen LogP contribution >= 0.6 is 0 Å². The van der Waals surface area contributed by atoms with Crippen molar-refractivity contribution in [3.8, 4) is 28.0 Å².